The topological polar surface area (TPSA) is 122 Å². The Morgan fingerprint density at radius 2 is 1.63 bits per heavy atom. The minimum Gasteiger partial charge on any atom is -0.485 e. The molecule has 160 valence electrons. The predicted molar refractivity (Wildman–Crippen MR) is 109 cm³/mol. The number of amides is 1. The highest BCUT2D eigenvalue weighted by atomic mass is 32.2. The molecule has 1 saturated heterocycles. The molecule has 2 N–H and O–H groups in total. The highest BCUT2D eigenvalue weighted by Crippen LogP contribution is 2.26. The zero-order chi connectivity index (χ0) is 21.9. The lowest BCUT2D eigenvalue weighted by atomic mass is 10.0. The van der Waals surface area contributed by atoms with Gasteiger partial charge in [0.25, 0.3) is 10.1 Å². The first kappa shape index (κ1) is 21.9. The molecule has 8 nitrogen and oxygen atoms in total. The third-order valence-corrected chi connectivity index (χ3v) is 6.29. The van der Waals surface area contributed by atoms with Crippen molar-refractivity contribution < 1.29 is 31.7 Å². The third-order valence-electron chi connectivity index (χ3n) is 4.65. The number of ketones is 1. The fraction of sp³-hybridized carbons (Fsp3) is 0.333. The molecule has 0 saturated carbocycles. The summed E-state index contributed by atoms with van der Waals surface area (Å²) in [6, 6.07) is 15.2. The van der Waals surface area contributed by atoms with Gasteiger partial charge in [0.2, 0.25) is 5.91 Å². The minimum absolute atomic E-state index is 0.0728. The molecule has 9 heteroatoms. The Morgan fingerprint density at radius 3 is 2.20 bits per heavy atom. The summed E-state index contributed by atoms with van der Waals surface area (Å²) >= 11 is 0. The summed E-state index contributed by atoms with van der Waals surface area (Å²) in [6.45, 7) is 2.85. The Balaban J connectivity index is 1.75. The molecule has 1 aliphatic rings. The van der Waals surface area contributed by atoms with Crippen LogP contribution in [0.2, 0.25) is 0 Å². The molecule has 0 bridgehead atoms. The first-order valence-corrected chi connectivity index (χ1v) is 10.9. The summed E-state index contributed by atoms with van der Waals surface area (Å²) < 4.78 is 40.7. The van der Waals surface area contributed by atoms with Crippen molar-refractivity contribution in [3.8, 4) is 5.75 Å². The van der Waals surface area contributed by atoms with Crippen molar-refractivity contribution in [1.29, 1.82) is 0 Å². The zero-order valence-electron chi connectivity index (χ0n) is 16.6. The molecule has 1 heterocycles. The van der Waals surface area contributed by atoms with E-state index in [-0.39, 0.29) is 12.4 Å². The van der Waals surface area contributed by atoms with Crippen LogP contribution in [0.4, 0.5) is 0 Å². The lowest BCUT2D eigenvalue weighted by molar-refractivity contribution is -0.129. The van der Waals surface area contributed by atoms with Crippen LogP contribution in [-0.2, 0) is 23.8 Å². The maximum absolute atomic E-state index is 12.5. The van der Waals surface area contributed by atoms with E-state index in [1.54, 1.807) is 48.5 Å². The van der Waals surface area contributed by atoms with Gasteiger partial charge in [-0.1, -0.05) is 30.3 Å². The van der Waals surface area contributed by atoms with Crippen LogP contribution in [0, 0.1) is 0 Å². The zero-order valence-corrected chi connectivity index (χ0v) is 17.4. The predicted octanol–water partition coefficient (Wildman–Crippen LogP) is 1.67. The Bertz CT molecular complexity index is 1000. The number of hydrogen-bond donors (Lipinski definition) is 1. The third kappa shape index (κ3) is 4.86. The minimum atomic E-state index is -3.93. The van der Waals surface area contributed by atoms with E-state index in [0.717, 1.165) is 0 Å². The van der Waals surface area contributed by atoms with Crippen LogP contribution in [0.15, 0.2) is 54.6 Å². The first-order valence-electron chi connectivity index (χ1n) is 9.38. The van der Waals surface area contributed by atoms with Crippen LogP contribution < -0.4 is 10.5 Å². The van der Waals surface area contributed by atoms with Crippen molar-refractivity contribution in [2.24, 2.45) is 5.73 Å². The normalized spacial score (nSPS) is 21.5. The number of hydrogen-bond acceptors (Lipinski definition) is 7. The smallest absolute Gasteiger partial charge is 0.270 e. The molecule has 0 radical (unpaired) electrons. The van der Waals surface area contributed by atoms with Crippen LogP contribution in [0.5, 0.6) is 5.75 Å². The van der Waals surface area contributed by atoms with Crippen LogP contribution >= 0.6 is 0 Å². The number of ether oxygens (including phenoxy) is 2. The second-order valence-corrected chi connectivity index (χ2v) is 9.26. The summed E-state index contributed by atoms with van der Waals surface area (Å²) in [4.78, 5) is 24.1. The summed E-state index contributed by atoms with van der Waals surface area (Å²) in [5.41, 5.74) is 6.35. The van der Waals surface area contributed by atoms with Crippen molar-refractivity contribution in [3.63, 3.8) is 0 Å². The highest BCUT2D eigenvalue weighted by molar-refractivity contribution is 7.87. The van der Waals surface area contributed by atoms with Gasteiger partial charge in [0.1, 0.15) is 5.75 Å². The van der Waals surface area contributed by atoms with E-state index in [1.807, 2.05) is 6.07 Å². The Labute approximate surface area is 175 Å². The molecule has 30 heavy (non-hydrogen) atoms. The molecule has 3 rings (SSSR count). The number of carbonyl (C=O) groups is 2. The van der Waals surface area contributed by atoms with E-state index >= 15 is 0 Å². The summed E-state index contributed by atoms with van der Waals surface area (Å²) in [5, 5.41) is -0.810. The first-order chi connectivity index (χ1) is 14.2. The van der Waals surface area contributed by atoms with Gasteiger partial charge in [0.15, 0.2) is 24.1 Å². The summed E-state index contributed by atoms with van der Waals surface area (Å²) in [7, 11) is -3.93. The van der Waals surface area contributed by atoms with E-state index in [1.165, 1.54) is 13.8 Å². The fourth-order valence-electron chi connectivity index (χ4n) is 2.92. The number of carbonyl (C=O) groups excluding carboxylic acids is 2. The largest absolute Gasteiger partial charge is 0.485 e. The number of rotatable bonds is 8. The molecular weight excluding hydrogens is 410 g/mol. The molecule has 1 amide bonds. The molecule has 2 aromatic rings. The van der Waals surface area contributed by atoms with Crippen molar-refractivity contribution in [2.75, 3.05) is 6.61 Å². The molecule has 3 atom stereocenters. The number of benzene rings is 2. The second kappa shape index (κ2) is 8.95. The second-order valence-electron chi connectivity index (χ2n) is 7.13. The number of nitrogens with two attached hydrogens (primary N) is 1. The van der Waals surface area contributed by atoms with Gasteiger partial charge >= 0.3 is 0 Å². The highest BCUT2D eigenvalue weighted by Gasteiger charge is 2.46. The average molecular weight is 433 g/mol. The van der Waals surface area contributed by atoms with Crippen LogP contribution in [0.3, 0.4) is 0 Å². The van der Waals surface area contributed by atoms with Crippen molar-refractivity contribution >= 4 is 21.8 Å². The molecule has 0 aromatic heterocycles. The van der Waals surface area contributed by atoms with E-state index in [2.05, 4.69) is 0 Å². The van der Waals surface area contributed by atoms with Gasteiger partial charge in [-0.15, -0.1) is 0 Å². The van der Waals surface area contributed by atoms with Crippen LogP contribution in [0.1, 0.15) is 29.8 Å². The fourth-order valence-corrected chi connectivity index (χ4v) is 3.68. The lowest BCUT2D eigenvalue weighted by Gasteiger charge is -2.23. The SMILES string of the molecule is CC(C)S(=O)(=O)OC1C(Oc2ccc(C(=O)c3ccccc3)cc2)COC1C(N)=O. The molecule has 1 fully saturated rings. The summed E-state index contributed by atoms with van der Waals surface area (Å²) in [5.74, 6) is -0.605. The average Bonchev–Trinajstić information content (AvgIpc) is 3.10. The van der Waals surface area contributed by atoms with Gasteiger partial charge in [-0.3, -0.25) is 13.8 Å². The van der Waals surface area contributed by atoms with Gasteiger partial charge in [-0.05, 0) is 38.1 Å². The molecule has 2 aromatic carbocycles. The van der Waals surface area contributed by atoms with E-state index < -0.39 is 39.6 Å². The standard InChI is InChI=1S/C21H23NO7S/c1-13(2)30(25,26)29-19-17(12-27-20(19)21(22)24)28-16-10-8-15(9-11-16)18(23)14-6-4-3-5-7-14/h3-11,13,17,19-20H,12H2,1-2H3,(H2,22,24). The number of primary amides is 1. The van der Waals surface area contributed by atoms with Crippen LogP contribution in [0.25, 0.3) is 0 Å². The molecule has 0 aliphatic carbocycles. The van der Waals surface area contributed by atoms with E-state index in [0.29, 0.717) is 16.9 Å². The van der Waals surface area contributed by atoms with Gasteiger partial charge in [0.05, 0.1) is 11.9 Å². The van der Waals surface area contributed by atoms with Gasteiger partial charge in [0, 0.05) is 11.1 Å². The molecule has 1 aliphatic heterocycles. The molecule has 0 spiro atoms. The van der Waals surface area contributed by atoms with Crippen molar-refractivity contribution in [3.05, 3.63) is 65.7 Å². The maximum atomic E-state index is 12.5. The van der Waals surface area contributed by atoms with Crippen molar-refractivity contribution in [2.45, 2.75) is 37.4 Å². The van der Waals surface area contributed by atoms with E-state index in [4.69, 9.17) is 19.4 Å². The Morgan fingerprint density at radius 1 is 1.03 bits per heavy atom. The summed E-state index contributed by atoms with van der Waals surface area (Å²) in [6.07, 6.45) is -3.32. The Hall–Kier alpha value is -2.75. The molecular formula is C21H23NO7S. The van der Waals surface area contributed by atoms with Crippen LogP contribution in [-0.4, -0.2) is 50.3 Å². The molecule has 3 unspecified atom stereocenters. The van der Waals surface area contributed by atoms with Gasteiger partial charge < -0.3 is 15.2 Å². The quantitative estimate of drug-likeness (QED) is 0.496. The van der Waals surface area contributed by atoms with Crippen molar-refractivity contribution in [1.82, 2.24) is 0 Å². The maximum Gasteiger partial charge on any atom is 0.270 e. The van der Waals surface area contributed by atoms with Gasteiger partial charge in [-0.25, -0.2) is 0 Å². The van der Waals surface area contributed by atoms with Gasteiger partial charge in [-0.2, -0.15) is 8.42 Å². The lowest BCUT2D eigenvalue weighted by Crippen LogP contribution is -2.45. The van der Waals surface area contributed by atoms with E-state index in [9.17, 15) is 18.0 Å². The monoisotopic (exact) mass is 433 g/mol. The Kier molecular flexibility index (Phi) is 6.55.